The van der Waals surface area contributed by atoms with E-state index in [-0.39, 0.29) is 12.5 Å². The van der Waals surface area contributed by atoms with Crippen LogP contribution in [-0.4, -0.2) is 53.3 Å². The molecule has 102 valence electrons. The van der Waals surface area contributed by atoms with Gasteiger partial charge in [-0.2, -0.15) is 0 Å². The normalized spacial score (nSPS) is 14.3. The minimum Gasteiger partial charge on any atom is -0.339 e. The zero-order valence-corrected chi connectivity index (χ0v) is 12.8. The second-order valence-corrected chi connectivity index (χ2v) is 7.74. The average molecular weight is 289 g/mol. The summed E-state index contributed by atoms with van der Waals surface area (Å²) >= 11 is 1.61. The number of amides is 1. The van der Waals surface area contributed by atoms with Crippen molar-refractivity contribution in [2.24, 2.45) is 4.36 Å². The van der Waals surface area contributed by atoms with Crippen molar-refractivity contribution in [1.82, 2.24) is 9.21 Å². The van der Waals surface area contributed by atoms with Crippen molar-refractivity contribution in [2.75, 3.05) is 33.9 Å². The lowest BCUT2D eigenvalue weighted by molar-refractivity contribution is -0.128. The maximum atomic E-state index is 11.9. The minimum absolute atomic E-state index is 0.0462. The first-order valence-corrected chi connectivity index (χ1v) is 8.20. The van der Waals surface area contributed by atoms with Crippen LogP contribution >= 0.6 is 11.3 Å². The summed E-state index contributed by atoms with van der Waals surface area (Å²) in [7, 11) is 2.67. The van der Waals surface area contributed by atoms with E-state index in [1.165, 1.54) is 10.6 Å². The first kappa shape index (κ1) is 15.1. The van der Waals surface area contributed by atoms with E-state index in [4.69, 9.17) is 0 Å². The smallest absolute Gasteiger partial charge is 0.245 e. The molecule has 1 unspecified atom stereocenters. The predicted molar refractivity (Wildman–Crippen MR) is 75.8 cm³/mol. The molecular weight excluding hydrogens is 270 g/mol. The molecule has 0 aromatic carbocycles. The standard InChI is InChI=1S/C11H19N3O2S2/c1-13(2)18(4,16)12-8-11(15)14(3)9-10-6-5-7-17-10/h5-7H,8-9H2,1-4H3. The first-order valence-electron chi connectivity index (χ1n) is 5.44. The molecule has 0 spiro atoms. The Morgan fingerprint density at radius 2 is 2.11 bits per heavy atom. The van der Waals surface area contributed by atoms with Gasteiger partial charge in [0, 0.05) is 32.3 Å². The number of thiophene rings is 1. The van der Waals surface area contributed by atoms with Gasteiger partial charge >= 0.3 is 0 Å². The van der Waals surface area contributed by atoms with E-state index in [0.29, 0.717) is 6.54 Å². The van der Waals surface area contributed by atoms with Crippen LogP contribution in [0.3, 0.4) is 0 Å². The van der Waals surface area contributed by atoms with E-state index < -0.39 is 9.92 Å². The molecule has 1 aromatic rings. The van der Waals surface area contributed by atoms with Gasteiger partial charge in [-0.05, 0) is 11.4 Å². The van der Waals surface area contributed by atoms with Crippen LogP contribution in [-0.2, 0) is 21.3 Å². The van der Waals surface area contributed by atoms with Crippen molar-refractivity contribution >= 4 is 27.2 Å². The third-order valence-electron chi connectivity index (χ3n) is 2.52. The third-order valence-corrected chi connectivity index (χ3v) is 5.34. The summed E-state index contributed by atoms with van der Waals surface area (Å²) in [6.07, 6.45) is 1.53. The maximum Gasteiger partial charge on any atom is 0.245 e. The SMILES string of the molecule is CN(Cc1cccs1)C(=O)CN=S(C)(=O)N(C)C. The van der Waals surface area contributed by atoms with Gasteiger partial charge < -0.3 is 4.90 Å². The Balaban J connectivity index is 2.59. The van der Waals surface area contributed by atoms with E-state index in [9.17, 15) is 9.00 Å². The molecule has 0 bridgehead atoms. The molecule has 1 aromatic heterocycles. The molecule has 1 rings (SSSR count). The number of carbonyl (C=O) groups excluding carboxylic acids is 1. The zero-order valence-electron chi connectivity index (χ0n) is 11.1. The summed E-state index contributed by atoms with van der Waals surface area (Å²) < 4.78 is 17.4. The van der Waals surface area contributed by atoms with Gasteiger partial charge in [0.05, 0.1) is 6.54 Å². The highest BCUT2D eigenvalue weighted by atomic mass is 32.2. The summed E-state index contributed by atoms with van der Waals surface area (Å²) in [6, 6.07) is 3.93. The summed E-state index contributed by atoms with van der Waals surface area (Å²) in [6.45, 7) is 0.522. The van der Waals surface area contributed by atoms with Crippen LogP contribution in [0.15, 0.2) is 21.9 Å². The fraction of sp³-hybridized carbons (Fsp3) is 0.545. The number of rotatable bonds is 5. The molecule has 0 aliphatic carbocycles. The van der Waals surface area contributed by atoms with Gasteiger partial charge in [-0.25, -0.2) is 12.9 Å². The molecular formula is C11H19N3O2S2. The highest BCUT2D eigenvalue weighted by Crippen LogP contribution is 2.10. The Bertz CT molecular complexity index is 502. The highest BCUT2D eigenvalue weighted by molar-refractivity contribution is 7.90. The van der Waals surface area contributed by atoms with Crippen molar-refractivity contribution < 1.29 is 9.00 Å². The minimum atomic E-state index is -2.43. The van der Waals surface area contributed by atoms with Crippen molar-refractivity contribution in [3.05, 3.63) is 22.4 Å². The number of nitrogens with zero attached hydrogens (tertiary/aromatic N) is 3. The van der Waals surface area contributed by atoms with E-state index in [0.717, 1.165) is 4.88 Å². The molecule has 7 heteroatoms. The van der Waals surface area contributed by atoms with Crippen LogP contribution in [0.5, 0.6) is 0 Å². The van der Waals surface area contributed by atoms with E-state index >= 15 is 0 Å². The molecule has 1 atom stereocenters. The predicted octanol–water partition coefficient (Wildman–Crippen LogP) is 1.28. The lowest BCUT2D eigenvalue weighted by Gasteiger charge is -2.16. The molecule has 5 nitrogen and oxygen atoms in total. The summed E-state index contributed by atoms with van der Waals surface area (Å²) in [4.78, 5) is 14.6. The summed E-state index contributed by atoms with van der Waals surface area (Å²) in [5, 5.41) is 1.98. The third kappa shape index (κ3) is 4.40. The number of hydrogen-bond acceptors (Lipinski definition) is 4. The van der Waals surface area contributed by atoms with E-state index in [1.54, 1.807) is 37.4 Å². The Morgan fingerprint density at radius 1 is 1.44 bits per heavy atom. The monoisotopic (exact) mass is 289 g/mol. The highest BCUT2D eigenvalue weighted by Gasteiger charge is 2.11. The number of carbonyl (C=O) groups is 1. The maximum absolute atomic E-state index is 11.9. The lowest BCUT2D eigenvalue weighted by Crippen LogP contribution is -2.29. The van der Waals surface area contributed by atoms with Crippen LogP contribution < -0.4 is 0 Å². The number of likely N-dealkylation sites (N-methyl/N-ethyl adjacent to an activating group) is 1. The molecule has 0 fully saturated rings. The van der Waals surface area contributed by atoms with E-state index in [2.05, 4.69) is 4.36 Å². The van der Waals surface area contributed by atoms with Gasteiger partial charge in [-0.1, -0.05) is 6.07 Å². The average Bonchev–Trinajstić information content (AvgIpc) is 2.78. The number of hydrogen-bond donors (Lipinski definition) is 0. The van der Waals surface area contributed by atoms with Crippen molar-refractivity contribution in [2.45, 2.75) is 6.54 Å². The van der Waals surface area contributed by atoms with Gasteiger partial charge in [0.1, 0.15) is 16.5 Å². The summed E-state index contributed by atoms with van der Waals surface area (Å²) in [5.74, 6) is -0.125. The lowest BCUT2D eigenvalue weighted by atomic mass is 10.4. The van der Waals surface area contributed by atoms with E-state index in [1.807, 2.05) is 17.5 Å². The Kier molecular flexibility index (Phi) is 5.30. The van der Waals surface area contributed by atoms with Crippen LogP contribution in [0.4, 0.5) is 0 Å². The van der Waals surface area contributed by atoms with Crippen molar-refractivity contribution in [3.8, 4) is 0 Å². The topological polar surface area (TPSA) is 53.0 Å². The largest absolute Gasteiger partial charge is 0.339 e. The quantitative estimate of drug-likeness (QED) is 0.820. The molecule has 0 radical (unpaired) electrons. The molecule has 0 N–H and O–H groups in total. The first-order chi connectivity index (χ1) is 8.33. The Labute approximate surface area is 113 Å². The fourth-order valence-corrected chi connectivity index (χ4v) is 2.47. The van der Waals surface area contributed by atoms with Crippen LogP contribution in [0.1, 0.15) is 4.88 Å². The Morgan fingerprint density at radius 3 is 2.61 bits per heavy atom. The van der Waals surface area contributed by atoms with Gasteiger partial charge in [0.2, 0.25) is 5.91 Å². The van der Waals surface area contributed by atoms with Crippen LogP contribution in [0.25, 0.3) is 0 Å². The van der Waals surface area contributed by atoms with Crippen molar-refractivity contribution in [3.63, 3.8) is 0 Å². The molecule has 0 saturated carbocycles. The fourth-order valence-electron chi connectivity index (χ4n) is 1.14. The van der Waals surface area contributed by atoms with Crippen LogP contribution in [0.2, 0.25) is 0 Å². The van der Waals surface area contributed by atoms with Gasteiger partial charge in [-0.3, -0.25) is 4.79 Å². The molecule has 0 aliphatic heterocycles. The molecule has 0 aliphatic rings. The molecule has 0 saturated heterocycles. The second-order valence-electron chi connectivity index (χ2n) is 4.19. The molecule has 18 heavy (non-hydrogen) atoms. The van der Waals surface area contributed by atoms with Gasteiger partial charge in [0.15, 0.2) is 0 Å². The zero-order chi connectivity index (χ0) is 13.8. The van der Waals surface area contributed by atoms with Crippen molar-refractivity contribution in [1.29, 1.82) is 0 Å². The molecule has 1 amide bonds. The van der Waals surface area contributed by atoms with Gasteiger partial charge in [0.25, 0.3) is 0 Å². The Hall–Kier alpha value is -0.920. The summed E-state index contributed by atoms with van der Waals surface area (Å²) in [5.41, 5.74) is 0. The van der Waals surface area contributed by atoms with Crippen LogP contribution in [0, 0.1) is 0 Å². The van der Waals surface area contributed by atoms with Gasteiger partial charge in [-0.15, -0.1) is 11.3 Å². The molecule has 1 heterocycles. The second kappa shape index (κ2) is 6.31.